The van der Waals surface area contributed by atoms with Gasteiger partial charge < -0.3 is 4.90 Å². The van der Waals surface area contributed by atoms with Crippen LogP contribution in [0.15, 0.2) is 47.4 Å². The fraction of sp³-hybridized carbons (Fsp3) is 0.235. The summed E-state index contributed by atoms with van der Waals surface area (Å²) in [6.45, 7) is 1.76. The van der Waals surface area contributed by atoms with Crippen molar-refractivity contribution >= 4 is 15.7 Å². The van der Waals surface area contributed by atoms with Crippen LogP contribution >= 0.6 is 0 Å². The molecule has 0 unspecified atom stereocenters. The summed E-state index contributed by atoms with van der Waals surface area (Å²) in [7, 11) is -1.75. The van der Waals surface area contributed by atoms with Crippen molar-refractivity contribution in [2.24, 2.45) is 0 Å². The van der Waals surface area contributed by atoms with E-state index in [9.17, 15) is 22.0 Å². The van der Waals surface area contributed by atoms with Crippen molar-refractivity contribution < 1.29 is 22.0 Å². The molecule has 0 saturated heterocycles. The van der Waals surface area contributed by atoms with Crippen molar-refractivity contribution in [2.75, 3.05) is 13.3 Å². The molecule has 0 saturated carbocycles. The van der Waals surface area contributed by atoms with Crippen LogP contribution in [0.1, 0.15) is 28.9 Å². The Hall–Kier alpha value is -2.28. The van der Waals surface area contributed by atoms with E-state index in [0.717, 1.165) is 24.0 Å². The second-order valence-electron chi connectivity index (χ2n) is 5.56. The maximum absolute atomic E-state index is 13.3. The molecule has 7 heteroatoms. The molecule has 1 amide bonds. The van der Waals surface area contributed by atoms with Crippen LogP contribution < -0.4 is 0 Å². The molecule has 0 aromatic heterocycles. The molecular weight excluding hydrogens is 336 g/mol. The Morgan fingerprint density at radius 2 is 1.62 bits per heavy atom. The zero-order chi connectivity index (χ0) is 18.1. The summed E-state index contributed by atoms with van der Waals surface area (Å²) in [6, 6.07) is 8.78. The highest BCUT2D eigenvalue weighted by Gasteiger charge is 2.20. The molecule has 128 valence electrons. The summed E-state index contributed by atoms with van der Waals surface area (Å²) in [5.74, 6) is -2.56. The number of nitrogens with zero attached hydrogens (tertiary/aromatic N) is 1. The topological polar surface area (TPSA) is 54.5 Å². The van der Waals surface area contributed by atoms with Gasteiger partial charge in [0, 0.05) is 18.9 Å². The molecule has 0 fully saturated rings. The number of hydrogen-bond acceptors (Lipinski definition) is 3. The van der Waals surface area contributed by atoms with E-state index in [2.05, 4.69) is 0 Å². The summed E-state index contributed by atoms with van der Waals surface area (Å²) in [5, 5.41) is 0. The molecule has 0 N–H and O–H groups in total. The fourth-order valence-electron chi connectivity index (χ4n) is 2.23. The summed E-state index contributed by atoms with van der Waals surface area (Å²) < 4.78 is 49.2. The average molecular weight is 353 g/mol. The molecule has 0 heterocycles. The van der Waals surface area contributed by atoms with Crippen LogP contribution in [0.2, 0.25) is 0 Å². The molecule has 2 aromatic carbocycles. The van der Waals surface area contributed by atoms with Gasteiger partial charge in [-0.2, -0.15) is 0 Å². The van der Waals surface area contributed by atoms with Crippen LogP contribution in [0.4, 0.5) is 8.78 Å². The highest BCUT2D eigenvalue weighted by Crippen LogP contribution is 2.23. The van der Waals surface area contributed by atoms with Crippen molar-refractivity contribution in [1.29, 1.82) is 0 Å². The lowest BCUT2D eigenvalue weighted by molar-refractivity contribution is 0.0742. The SMILES string of the molecule is C[C@@H](c1ccc(S(C)(=O)=O)cc1)N(C)C(=O)c1ccc(F)c(F)c1. The standard InChI is InChI=1S/C17H17F2NO3S/c1-11(12-4-7-14(8-5-12)24(3,22)23)20(2)17(21)13-6-9-15(18)16(19)10-13/h4-11H,1-3H3/t11-/m0/s1. The Labute approximate surface area is 139 Å². The van der Waals surface area contributed by atoms with Gasteiger partial charge in [-0.25, -0.2) is 17.2 Å². The zero-order valence-corrected chi connectivity index (χ0v) is 14.3. The number of benzene rings is 2. The monoisotopic (exact) mass is 353 g/mol. The van der Waals surface area contributed by atoms with Crippen molar-refractivity contribution in [2.45, 2.75) is 17.9 Å². The number of halogens is 2. The molecule has 1 atom stereocenters. The molecule has 24 heavy (non-hydrogen) atoms. The second-order valence-corrected chi connectivity index (χ2v) is 7.58. The third-order valence-electron chi connectivity index (χ3n) is 3.86. The first kappa shape index (κ1) is 18.1. The first-order valence-electron chi connectivity index (χ1n) is 7.13. The summed E-state index contributed by atoms with van der Waals surface area (Å²) >= 11 is 0. The maximum atomic E-state index is 13.3. The third-order valence-corrected chi connectivity index (χ3v) is 4.99. The molecule has 0 aliphatic heterocycles. The van der Waals surface area contributed by atoms with Gasteiger partial charge >= 0.3 is 0 Å². The summed E-state index contributed by atoms with van der Waals surface area (Å²) in [4.78, 5) is 14.0. The lowest BCUT2D eigenvalue weighted by Gasteiger charge is -2.25. The van der Waals surface area contributed by atoms with E-state index in [1.54, 1.807) is 26.1 Å². The smallest absolute Gasteiger partial charge is 0.254 e. The number of carbonyl (C=O) groups excluding carboxylic acids is 1. The van der Waals surface area contributed by atoms with E-state index in [1.165, 1.54) is 23.1 Å². The molecule has 0 bridgehead atoms. The summed E-state index contributed by atoms with van der Waals surface area (Å²) in [5.41, 5.74) is 0.761. The van der Waals surface area contributed by atoms with E-state index in [1.807, 2.05) is 0 Å². The average Bonchev–Trinajstić information content (AvgIpc) is 2.54. The van der Waals surface area contributed by atoms with Crippen LogP contribution in [-0.4, -0.2) is 32.5 Å². The number of rotatable bonds is 4. The fourth-order valence-corrected chi connectivity index (χ4v) is 2.86. The van der Waals surface area contributed by atoms with Crippen LogP contribution in [0.5, 0.6) is 0 Å². The van der Waals surface area contributed by atoms with Gasteiger partial charge in [-0.15, -0.1) is 0 Å². The predicted octanol–water partition coefficient (Wildman–Crippen LogP) is 3.20. The van der Waals surface area contributed by atoms with Gasteiger partial charge in [0.15, 0.2) is 21.5 Å². The predicted molar refractivity (Wildman–Crippen MR) is 86.4 cm³/mol. The van der Waals surface area contributed by atoms with Crippen LogP contribution in [-0.2, 0) is 9.84 Å². The quantitative estimate of drug-likeness (QED) is 0.848. The van der Waals surface area contributed by atoms with Gasteiger partial charge in [0.05, 0.1) is 10.9 Å². The molecular formula is C17H17F2NO3S. The van der Waals surface area contributed by atoms with E-state index in [0.29, 0.717) is 0 Å². The van der Waals surface area contributed by atoms with Gasteiger partial charge in [-0.05, 0) is 42.8 Å². The Balaban J connectivity index is 2.23. The lowest BCUT2D eigenvalue weighted by Crippen LogP contribution is -2.29. The first-order valence-corrected chi connectivity index (χ1v) is 9.02. The Morgan fingerprint density at radius 1 is 1.04 bits per heavy atom. The van der Waals surface area contributed by atoms with E-state index < -0.39 is 27.4 Å². The highest BCUT2D eigenvalue weighted by atomic mass is 32.2. The van der Waals surface area contributed by atoms with Crippen LogP contribution in [0.25, 0.3) is 0 Å². The normalized spacial score (nSPS) is 12.7. The Morgan fingerprint density at radius 3 is 2.12 bits per heavy atom. The van der Waals surface area contributed by atoms with Crippen LogP contribution in [0, 0.1) is 11.6 Å². The largest absolute Gasteiger partial charge is 0.335 e. The van der Waals surface area contributed by atoms with E-state index in [-0.39, 0.29) is 16.5 Å². The zero-order valence-electron chi connectivity index (χ0n) is 13.5. The molecule has 0 aliphatic carbocycles. The molecule has 2 aromatic rings. The van der Waals surface area contributed by atoms with Crippen molar-refractivity contribution in [3.05, 3.63) is 65.2 Å². The Bertz CT molecular complexity index is 864. The number of sulfone groups is 1. The second kappa shape index (κ2) is 6.68. The number of hydrogen-bond donors (Lipinski definition) is 0. The van der Waals surface area contributed by atoms with Gasteiger partial charge in [0.1, 0.15) is 0 Å². The molecule has 0 radical (unpaired) electrons. The minimum Gasteiger partial charge on any atom is -0.335 e. The minimum absolute atomic E-state index is 0.0380. The summed E-state index contributed by atoms with van der Waals surface area (Å²) in [6.07, 6.45) is 1.12. The van der Waals surface area contributed by atoms with Gasteiger partial charge in [-0.1, -0.05) is 12.1 Å². The van der Waals surface area contributed by atoms with E-state index in [4.69, 9.17) is 0 Å². The lowest BCUT2D eigenvalue weighted by atomic mass is 10.1. The van der Waals surface area contributed by atoms with Crippen LogP contribution in [0.3, 0.4) is 0 Å². The number of amides is 1. The van der Waals surface area contributed by atoms with Gasteiger partial charge in [-0.3, -0.25) is 4.79 Å². The molecule has 0 aliphatic rings. The van der Waals surface area contributed by atoms with Crippen molar-refractivity contribution in [3.8, 4) is 0 Å². The van der Waals surface area contributed by atoms with Gasteiger partial charge in [0.2, 0.25) is 0 Å². The first-order chi connectivity index (χ1) is 11.1. The van der Waals surface area contributed by atoms with Gasteiger partial charge in [0.25, 0.3) is 5.91 Å². The molecule has 2 rings (SSSR count). The minimum atomic E-state index is -3.29. The Kier molecular flexibility index (Phi) is 5.03. The maximum Gasteiger partial charge on any atom is 0.254 e. The van der Waals surface area contributed by atoms with Crippen molar-refractivity contribution in [3.63, 3.8) is 0 Å². The van der Waals surface area contributed by atoms with Crippen molar-refractivity contribution in [1.82, 2.24) is 4.90 Å². The van der Waals surface area contributed by atoms with E-state index >= 15 is 0 Å². The number of carbonyl (C=O) groups is 1. The highest BCUT2D eigenvalue weighted by molar-refractivity contribution is 7.90. The third kappa shape index (κ3) is 3.79. The molecule has 4 nitrogen and oxygen atoms in total. The molecule has 0 spiro atoms.